The lowest BCUT2D eigenvalue weighted by Crippen LogP contribution is -2.17. The van der Waals surface area contributed by atoms with Gasteiger partial charge in [-0.25, -0.2) is 8.42 Å². The fourth-order valence-corrected chi connectivity index (χ4v) is 4.72. The van der Waals surface area contributed by atoms with Crippen LogP contribution in [0.15, 0.2) is 69.1 Å². The van der Waals surface area contributed by atoms with Crippen LogP contribution in [0.3, 0.4) is 0 Å². The zero-order valence-corrected chi connectivity index (χ0v) is 19.4. The highest BCUT2D eigenvalue weighted by Gasteiger charge is 2.30. The van der Waals surface area contributed by atoms with Crippen molar-refractivity contribution in [1.29, 1.82) is 0 Å². The van der Waals surface area contributed by atoms with Gasteiger partial charge in [-0.3, -0.25) is 9.52 Å². The minimum atomic E-state index is -3.39. The summed E-state index contributed by atoms with van der Waals surface area (Å²) in [5.74, 6) is -0.861. The Balaban J connectivity index is 1.68. The van der Waals surface area contributed by atoms with Crippen molar-refractivity contribution < 1.29 is 17.6 Å². The van der Waals surface area contributed by atoms with E-state index in [-0.39, 0.29) is 23.0 Å². The molecule has 0 saturated heterocycles. The molecule has 1 aromatic heterocycles. The standard InChI is InChI=1S/C23H20Cl2N2O4S/c1-2-32(29,30)27-16-5-3-4-13(10-16)14-6-8-18-20(11-14)31-23(21(18)26)22(28)17-9-7-15(24)12-19(17)25/h3-8,10-12,17,27H,2,9,26H2,1H3. The normalized spacial score (nSPS) is 16.5. The molecule has 9 heteroatoms. The molecular formula is C23H20Cl2N2O4S. The van der Waals surface area contributed by atoms with E-state index >= 15 is 0 Å². The summed E-state index contributed by atoms with van der Waals surface area (Å²) in [4.78, 5) is 13.0. The predicted molar refractivity (Wildman–Crippen MR) is 129 cm³/mol. The highest BCUT2D eigenvalue weighted by Crippen LogP contribution is 2.37. The number of furan rings is 1. The van der Waals surface area contributed by atoms with Crippen LogP contribution in [-0.2, 0) is 10.0 Å². The number of benzene rings is 2. The minimum absolute atomic E-state index is 0.0200. The lowest BCUT2D eigenvalue weighted by Gasteiger charge is -2.15. The molecule has 0 bridgehead atoms. The topological polar surface area (TPSA) is 102 Å². The first kappa shape index (κ1) is 22.5. The first-order chi connectivity index (χ1) is 15.2. The molecule has 3 N–H and O–H groups in total. The van der Waals surface area contributed by atoms with Crippen molar-refractivity contribution in [2.75, 3.05) is 16.2 Å². The van der Waals surface area contributed by atoms with Gasteiger partial charge in [-0.2, -0.15) is 0 Å². The van der Waals surface area contributed by atoms with Gasteiger partial charge in [0.25, 0.3) is 0 Å². The van der Waals surface area contributed by atoms with Crippen molar-refractivity contribution in [2.45, 2.75) is 13.3 Å². The van der Waals surface area contributed by atoms with Crippen molar-refractivity contribution in [3.05, 3.63) is 70.4 Å². The number of allylic oxidation sites excluding steroid dienone is 4. The van der Waals surface area contributed by atoms with E-state index < -0.39 is 15.9 Å². The third-order valence-electron chi connectivity index (χ3n) is 5.28. The van der Waals surface area contributed by atoms with Gasteiger partial charge >= 0.3 is 0 Å². The highest BCUT2D eigenvalue weighted by atomic mass is 35.5. The summed E-state index contributed by atoms with van der Waals surface area (Å²) in [6.07, 6.45) is 3.65. The monoisotopic (exact) mass is 490 g/mol. The summed E-state index contributed by atoms with van der Waals surface area (Å²) in [5.41, 5.74) is 8.96. The van der Waals surface area contributed by atoms with Crippen LogP contribution in [0.2, 0.25) is 0 Å². The van der Waals surface area contributed by atoms with Gasteiger partial charge in [-0.1, -0.05) is 47.5 Å². The van der Waals surface area contributed by atoms with Crippen LogP contribution in [0, 0.1) is 5.92 Å². The maximum Gasteiger partial charge on any atom is 0.232 e. The van der Waals surface area contributed by atoms with Crippen LogP contribution in [0.5, 0.6) is 0 Å². The van der Waals surface area contributed by atoms with Crippen molar-refractivity contribution in [3.63, 3.8) is 0 Å². The first-order valence-corrected chi connectivity index (χ1v) is 12.3. The average molecular weight is 491 g/mol. The van der Waals surface area contributed by atoms with E-state index in [1.165, 1.54) is 0 Å². The van der Waals surface area contributed by atoms with Crippen molar-refractivity contribution in [2.24, 2.45) is 5.92 Å². The molecule has 0 aliphatic heterocycles. The Bertz CT molecular complexity index is 1390. The Hall–Kier alpha value is -2.74. The summed E-state index contributed by atoms with van der Waals surface area (Å²) in [7, 11) is -3.39. The van der Waals surface area contributed by atoms with E-state index in [1.54, 1.807) is 49.4 Å². The number of ketones is 1. The van der Waals surface area contributed by atoms with E-state index in [0.717, 1.165) is 11.1 Å². The van der Waals surface area contributed by atoms with Gasteiger partial charge in [0, 0.05) is 21.1 Å². The van der Waals surface area contributed by atoms with E-state index in [4.69, 9.17) is 33.4 Å². The number of carbonyl (C=O) groups is 1. The fourth-order valence-electron chi connectivity index (χ4n) is 3.52. The lowest BCUT2D eigenvalue weighted by molar-refractivity contribution is 0.0919. The maximum atomic E-state index is 13.0. The van der Waals surface area contributed by atoms with Gasteiger partial charge < -0.3 is 10.2 Å². The molecule has 0 saturated carbocycles. The summed E-state index contributed by atoms with van der Waals surface area (Å²) >= 11 is 12.2. The Kier molecular flexibility index (Phi) is 6.07. The molecule has 1 aliphatic carbocycles. The molecule has 3 aromatic rings. The van der Waals surface area contributed by atoms with Gasteiger partial charge in [0.2, 0.25) is 15.8 Å². The summed E-state index contributed by atoms with van der Waals surface area (Å²) < 4.78 is 32.1. The molecule has 4 rings (SSSR count). The molecule has 1 heterocycles. The van der Waals surface area contributed by atoms with E-state index in [2.05, 4.69) is 4.72 Å². The summed E-state index contributed by atoms with van der Waals surface area (Å²) in [6, 6.07) is 12.4. The Morgan fingerprint density at radius 2 is 1.94 bits per heavy atom. The molecule has 166 valence electrons. The molecule has 1 unspecified atom stereocenters. The Morgan fingerprint density at radius 1 is 1.19 bits per heavy atom. The van der Waals surface area contributed by atoms with Crippen molar-refractivity contribution in [3.8, 4) is 11.1 Å². The third kappa shape index (κ3) is 4.41. The minimum Gasteiger partial charge on any atom is -0.451 e. The molecule has 6 nitrogen and oxygen atoms in total. The van der Waals surface area contributed by atoms with Gasteiger partial charge in [0.05, 0.1) is 17.4 Å². The number of halogens is 2. The zero-order chi connectivity index (χ0) is 23.0. The van der Waals surface area contributed by atoms with Gasteiger partial charge in [0.15, 0.2) is 5.76 Å². The molecule has 0 fully saturated rings. The molecule has 0 spiro atoms. The first-order valence-electron chi connectivity index (χ1n) is 9.88. The fraction of sp³-hybridized carbons (Fsp3) is 0.174. The molecule has 2 aromatic carbocycles. The second kappa shape index (κ2) is 8.65. The van der Waals surface area contributed by atoms with Crippen LogP contribution in [0.1, 0.15) is 23.9 Å². The Morgan fingerprint density at radius 3 is 2.66 bits per heavy atom. The third-order valence-corrected chi connectivity index (χ3v) is 7.22. The molecule has 0 amide bonds. The van der Waals surface area contributed by atoms with Crippen LogP contribution >= 0.6 is 23.2 Å². The van der Waals surface area contributed by atoms with Crippen molar-refractivity contribution >= 4 is 61.4 Å². The number of nitrogens with one attached hydrogen (secondary N) is 1. The quantitative estimate of drug-likeness (QED) is 0.419. The van der Waals surface area contributed by atoms with Crippen LogP contribution in [0.25, 0.3) is 22.1 Å². The van der Waals surface area contributed by atoms with E-state index in [0.29, 0.717) is 33.1 Å². The van der Waals surface area contributed by atoms with Crippen LogP contribution in [0.4, 0.5) is 11.4 Å². The number of rotatable bonds is 6. The maximum absolute atomic E-state index is 13.0. The zero-order valence-electron chi connectivity index (χ0n) is 17.1. The average Bonchev–Trinajstić information content (AvgIpc) is 3.09. The molecule has 1 aliphatic rings. The van der Waals surface area contributed by atoms with Gasteiger partial charge in [-0.05, 0) is 54.8 Å². The van der Waals surface area contributed by atoms with Crippen molar-refractivity contribution in [1.82, 2.24) is 0 Å². The molecule has 32 heavy (non-hydrogen) atoms. The number of carbonyl (C=O) groups excluding carboxylic acids is 1. The predicted octanol–water partition coefficient (Wildman–Crippen LogP) is 5.89. The number of anilines is 2. The number of sulfonamides is 1. The van der Waals surface area contributed by atoms with Gasteiger partial charge in [0.1, 0.15) is 5.58 Å². The molecule has 1 atom stereocenters. The Labute approximate surface area is 195 Å². The summed E-state index contributed by atoms with van der Waals surface area (Å²) in [5, 5.41) is 1.45. The number of hydrogen-bond donors (Lipinski definition) is 2. The SMILES string of the molecule is CCS(=O)(=O)Nc1cccc(-c2ccc3c(N)c(C(=O)C4CC=C(Cl)C=C4Cl)oc3c2)c1. The van der Waals surface area contributed by atoms with E-state index in [1.807, 2.05) is 12.1 Å². The second-order valence-corrected chi connectivity index (χ2v) is 10.3. The van der Waals surface area contributed by atoms with Crippen LogP contribution in [-0.4, -0.2) is 20.0 Å². The highest BCUT2D eigenvalue weighted by molar-refractivity contribution is 7.92. The number of fused-ring (bicyclic) bond motifs is 1. The van der Waals surface area contributed by atoms with Gasteiger partial charge in [-0.15, -0.1) is 0 Å². The lowest BCUT2D eigenvalue weighted by atomic mass is 9.93. The second-order valence-electron chi connectivity index (χ2n) is 7.41. The van der Waals surface area contributed by atoms with Crippen LogP contribution < -0.4 is 10.5 Å². The number of nitrogens with two attached hydrogens (primary N) is 1. The number of hydrogen-bond acceptors (Lipinski definition) is 5. The molecular weight excluding hydrogens is 471 g/mol. The molecule has 0 radical (unpaired) electrons. The smallest absolute Gasteiger partial charge is 0.232 e. The summed E-state index contributed by atoms with van der Waals surface area (Å²) in [6.45, 7) is 1.57. The largest absolute Gasteiger partial charge is 0.451 e. The number of nitrogen functional groups attached to an aromatic ring is 1. The van der Waals surface area contributed by atoms with E-state index in [9.17, 15) is 13.2 Å². The number of Topliss-reactive ketones (excluding diaryl/α,β-unsaturated/α-hetero) is 1.